The summed E-state index contributed by atoms with van der Waals surface area (Å²) in [7, 11) is -3.97. The van der Waals surface area contributed by atoms with Crippen molar-refractivity contribution < 1.29 is 27.6 Å². The molecule has 1 aliphatic carbocycles. The average molecular weight is 517 g/mol. The first kappa shape index (κ1) is 24.6. The molecule has 0 radical (unpaired) electrons. The van der Waals surface area contributed by atoms with Gasteiger partial charge in [-0.25, -0.2) is 8.42 Å². The quantitative estimate of drug-likeness (QED) is 0.508. The molecule has 8 nitrogen and oxygen atoms in total. The van der Waals surface area contributed by atoms with Crippen LogP contribution in [-0.2, 0) is 19.6 Å². The first-order valence-electron chi connectivity index (χ1n) is 12.0. The second kappa shape index (κ2) is 9.74. The summed E-state index contributed by atoms with van der Waals surface area (Å²) in [5.41, 5.74) is 2.06. The molecule has 5 rings (SSSR count). The van der Waals surface area contributed by atoms with E-state index in [0.29, 0.717) is 12.8 Å². The highest BCUT2D eigenvalue weighted by Gasteiger charge is 2.43. The van der Waals surface area contributed by atoms with Gasteiger partial charge >= 0.3 is 0 Å². The minimum absolute atomic E-state index is 0.00241. The zero-order chi connectivity index (χ0) is 26.2. The Labute approximate surface area is 214 Å². The molecule has 3 aromatic rings. The summed E-state index contributed by atoms with van der Waals surface area (Å²) in [4.78, 5) is 51.8. The summed E-state index contributed by atoms with van der Waals surface area (Å²) >= 11 is 0. The van der Waals surface area contributed by atoms with Gasteiger partial charge in [0.25, 0.3) is 21.8 Å². The molecule has 2 aliphatic rings. The minimum Gasteiger partial charge on any atom is -0.300 e. The first-order valence-corrected chi connectivity index (χ1v) is 13.5. The van der Waals surface area contributed by atoms with Crippen LogP contribution in [0.2, 0.25) is 0 Å². The van der Waals surface area contributed by atoms with Crippen molar-refractivity contribution >= 4 is 39.1 Å². The maximum atomic E-state index is 13.2. The molecule has 1 aliphatic heterocycles. The Morgan fingerprint density at radius 1 is 0.730 bits per heavy atom. The summed E-state index contributed by atoms with van der Waals surface area (Å²) in [6.45, 7) is 0. The number of amides is 2. The Morgan fingerprint density at radius 2 is 1.41 bits per heavy atom. The molecular weight excluding hydrogens is 492 g/mol. The number of imide groups is 1. The van der Waals surface area contributed by atoms with Crippen LogP contribution in [0.25, 0.3) is 11.1 Å². The topological polar surface area (TPSA) is 118 Å². The maximum Gasteiger partial charge on any atom is 0.262 e. The van der Waals surface area contributed by atoms with Crippen molar-refractivity contribution in [2.75, 3.05) is 4.72 Å². The predicted octanol–water partition coefficient (Wildman–Crippen LogP) is 4.22. The number of hydrogen-bond acceptors (Lipinski definition) is 6. The largest absolute Gasteiger partial charge is 0.300 e. The smallest absolute Gasteiger partial charge is 0.262 e. The molecule has 1 unspecified atom stereocenters. The average Bonchev–Trinajstić information content (AvgIpc) is 3.13. The number of benzene rings is 3. The van der Waals surface area contributed by atoms with Crippen molar-refractivity contribution in [3.05, 3.63) is 83.9 Å². The highest BCUT2D eigenvalue weighted by Crippen LogP contribution is 2.31. The molecule has 0 saturated heterocycles. The van der Waals surface area contributed by atoms with Crippen molar-refractivity contribution in [1.29, 1.82) is 0 Å². The lowest BCUT2D eigenvalue weighted by Gasteiger charge is -2.26. The van der Waals surface area contributed by atoms with E-state index in [1.54, 1.807) is 12.1 Å². The molecule has 1 saturated carbocycles. The second-order valence-electron chi connectivity index (χ2n) is 9.15. The first-order chi connectivity index (χ1) is 17.7. The molecule has 9 heteroatoms. The molecule has 37 heavy (non-hydrogen) atoms. The van der Waals surface area contributed by atoms with Gasteiger partial charge in [0.1, 0.15) is 5.78 Å². The number of carbonyl (C=O) groups is 4. The van der Waals surface area contributed by atoms with Gasteiger partial charge in [-0.15, -0.1) is 0 Å². The van der Waals surface area contributed by atoms with E-state index in [9.17, 15) is 27.6 Å². The number of carbonyl (C=O) groups excluding carboxylic acids is 4. The molecule has 3 aromatic carbocycles. The lowest BCUT2D eigenvalue weighted by Crippen LogP contribution is -2.45. The van der Waals surface area contributed by atoms with Crippen LogP contribution in [0.4, 0.5) is 5.69 Å². The molecular formula is C28H24N2O6S. The third-order valence-corrected chi connectivity index (χ3v) is 8.10. The molecule has 1 heterocycles. The molecule has 1 N–H and O–H groups in total. The van der Waals surface area contributed by atoms with Crippen LogP contribution in [0.15, 0.2) is 77.7 Å². The van der Waals surface area contributed by atoms with Crippen molar-refractivity contribution in [3.63, 3.8) is 0 Å². The number of fused-ring (bicyclic) bond motifs is 1. The van der Waals surface area contributed by atoms with Gasteiger partial charge in [-0.2, -0.15) is 0 Å². The standard InChI is InChI=1S/C28H24N2O6S/c31-21-7-4-8-26(32)25(16-12-21)30-27(33)23-15-11-20(17-24(23)28(30)34)29-37(35,36)22-13-9-19(10-14-22)18-5-2-1-3-6-18/h1-3,5-6,9-11,13-15,17,25,29H,4,7-8,12,16H2. The Kier molecular flexibility index (Phi) is 6.47. The molecule has 1 atom stereocenters. The third-order valence-electron chi connectivity index (χ3n) is 6.70. The van der Waals surface area contributed by atoms with Crippen molar-refractivity contribution in [2.45, 2.75) is 43.0 Å². The van der Waals surface area contributed by atoms with E-state index in [0.717, 1.165) is 16.0 Å². The second-order valence-corrected chi connectivity index (χ2v) is 10.8. The van der Waals surface area contributed by atoms with Gasteiger partial charge < -0.3 is 0 Å². The van der Waals surface area contributed by atoms with Gasteiger partial charge in [0.05, 0.1) is 22.1 Å². The number of rotatable bonds is 5. The molecule has 0 spiro atoms. The van der Waals surface area contributed by atoms with E-state index in [4.69, 9.17) is 0 Å². The highest BCUT2D eigenvalue weighted by molar-refractivity contribution is 7.92. The van der Waals surface area contributed by atoms with Crippen molar-refractivity contribution in [2.24, 2.45) is 0 Å². The van der Waals surface area contributed by atoms with Crippen molar-refractivity contribution in [1.82, 2.24) is 4.90 Å². The summed E-state index contributed by atoms with van der Waals surface area (Å²) in [6, 6.07) is 19.1. The van der Waals surface area contributed by atoms with Gasteiger partial charge in [-0.05, 0) is 54.3 Å². The number of Topliss-reactive ketones (excluding diaryl/α,β-unsaturated/α-hetero) is 2. The Bertz CT molecular complexity index is 1510. The Balaban J connectivity index is 1.37. The summed E-state index contributed by atoms with van der Waals surface area (Å²) in [5, 5.41) is 0. The van der Waals surface area contributed by atoms with E-state index in [-0.39, 0.29) is 52.5 Å². The molecule has 1 fully saturated rings. The van der Waals surface area contributed by atoms with Crippen LogP contribution < -0.4 is 4.72 Å². The molecule has 0 aromatic heterocycles. The van der Waals surface area contributed by atoms with Gasteiger partial charge in [0.15, 0.2) is 5.78 Å². The van der Waals surface area contributed by atoms with Crippen LogP contribution in [0, 0.1) is 0 Å². The van der Waals surface area contributed by atoms with Crippen LogP contribution >= 0.6 is 0 Å². The molecule has 0 bridgehead atoms. The highest BCUT2D eigenvalue weighted by atomic mass is 32.2. The number of hydrogen-bond donors (Lipinski definition) is 1. The van der Waals surface area contributed by atoms with Gasteiger partial charge in [-0.3, -0.25) is 28.8 Å². The van der Waals surface area contributed by atoms with Gasteiger partial charge in [0, 0.05) is 24.9 Å². The Morgan fingerprint density at radius 3 is 2.14 bits per heavy atom. The van der Waals surface area contributed by atoms with Crippen LogP contribution in [0.3, 0.4) is 0 Å². The monoisotopic (exact) mass is 516 g/mol. The van der Waals surface area contributed by atoms with Crippen LogP contribution in [0.5, 0.6) is 0 Å². The molecule has 188 valence electrons. The van der Waals surface area contributed by atoms with Crippen LogP contribution in [-0.4, -0.2) is 42.7 Å². The lowest BCUT2D eigenvalue weighted by atomic mass is 9.94. The maximum absolute atomic E-state index is 13.2. The van der Waals surface area contributed by atoms with Gasteiger partial charge in [0.2, 0.25) is 0 Å². The summed E-state index contributed by atoms with van der Waals surface area (Å²) < 4.78 is 28.5. The fraction of sp³-hybridized carbons (Fsp3) is 0.214. The number of nitrogens with zero attached hydrogens (tertiary/aromatic N) is 1. The van der Waals surface area contributed by atoms with Crippen LogP contribution in [0.1, 0.15) is 52.8 Å². The fourth-order valence-corrected chi connectivity index (χ4v) is 5.81. The van der Waals surface area contributed by atoms with E-state index in [1.165, 1.54) is 30.3 Å². The summed E-state index contributed by atoms with van der Waals surface area (Å²) in [6.07, 6.45) is 1.06. The summed E-state index contributed by atoms with van der Waals surface area (Å²) in [5.74, 6) is -1.53. The van der Waals surface area contributed by atoms with Crippen molar-refractivity contribution in [3.8, 4) is 11.1 Å². The normalized spacial score (nSPS) is 18.4. The zero-order valence-electron chi connectivity index (χ0n) is 19.8. The number of nitrogens with one attached hydrogen (secondary N) is 1. The third kappa shape index (κ3) is 4.82. The predicted molar refractivity (Wildman–Crippen MR) is 137 cm³/mol. The Hall–Kier alpha value is -4.11. The van der Waals surface area contributed by atoms with Gasteiger partial charge in [-0.1, -0.05) is 42.5 Å². The number of anilines is 1. The van der Waals surface area contributed by atoms with E-state index >= 15 is 0 Å². The van der Waals surface area contributed by atoms with E-state index in [2.05, 4.69) is 4.72 Å². The lowest BCUT2D eigenvalue weighted by molar-refractivity contribution is -0.125. The SMILES string of the molecule is O=C1CCCC(=O)C(N2C(=O)c3ccc(NS(=O)(=O)c4ccc(-c5ccccc5)cc4)cc3C2=O)CC1. The minimum atomic E-state index is -3.97. The number of sulfonamides is 1. The number of ketones is 2. The zero-order valence-corrected chi connectivity index (χ0v) is 20.7. The molecule has 2 amide bonds. The fourth-order valence-electron chi connectivity index (χ4n) is 4.76. The van der Waals surface area contributed by atoms with E-state index in [1.807, 2.05) is 30.3 Å². The van der Waals surface area contributed by atoms with E-state index < -0.39 is 27.9 Å².